The maximum absolute atomic E-state index is 12.7. The van der Waals surface area contributed by atoms with Crippen molar-refractivity contribution in [3.05, 3.63) is 58.6 Å². The van der Waals surface area contributed by atoms with E-state index in [2.05, 4.69) is 23.2 Å². The van der Waals surface area contributed by atoms with Gasteiger partial charge in [0.15, 0.2) is 0 Å². The zero-order valence-corrected chi connectivity index (χ0v) is 15.5. The molecule has 2 aromatic carbocycles. The Morgan fingerprint density at radius 2 is 1.76 bits per heavy atom. The summed E-state index contributed by atoms with van der Waals surface area (Å²) in [6.45, 7) is 7.21. The van der Waals surface area contributed by atoms with Gasteiger partial charge < -0.3 is 15.1 Å². The number of hydrogen-bond acceptors (Lipinski definition) is 2. The summed E-state index contributed by atoms with van der Waals surface area (Å²) in [6.07, 6.45) is 0.904. The van der Waals surface area contributed by atoms with Crippen molar-refractivity contribution in [1.29, 1.82) is 0 Å². The van der Waals surface area contributed by atoms with E-state index in [1.165, 1.54) is 5.56 Å². The molecule has 25 heavy (non-hydrogen) atoms. The number of para-hydroxylation sites is 1. The molecule has 1 heterocycles. The van der Waals surface area contributed by atoms with Crippen LogP contribution in [0, 0.1) is 6.92 Å². The number of anilines is 2. The van der Waals surface area contributed by atoms with Gasteiger partial charge in [-0.1, -0.05) is 36.7 Å². The van der Waals surface area contributed by atoms with E-state index in [9.17, 15) is 4.79 Å². The number of amides is 2. The van der Waals surface area contributed by atoms with Crippen LogP contribution in [0.15, 0.2) is 42.5 Å². The van der Waals surface area contributed by atoms with Crippen LogP contribution in [0.4, 0.5) is 16.2 Å². The number of carbonyl (C=O) groups is 1. The van der Waals surface area contributed by atoms with Crippen molar-refractivity contribution in [1.82, 2.24) is 4.90 Å². The summed E-state index contributed by atoms with van der Waals surface area (Å²) in [5.74, 6) is 0. The second-order valence-corrected chi connectivity index (χ2v) is 6.78. The number of halogens is 1. The molecule has 1 N–H and O–H groups in total. The number of aryl methyl sites for hydroxylation is 2. The quantitative estimate of drug-likeness (QED) is 0.873. The fourth-order valence-electron chi connectivity index (χ4n) is 3.21. The highest BCUT2D eigenvalue weighted by Crippen LogP contribution is 2.23. The Hall–Kier alpha value is -2.20. The van der Waals surface area contributed by atoms with Crippen LogP contribution in [-0.2, 0) is 6.42 Å². The lowest BCUT2D eigenvalue weighted by atomic mass is 10.1. The Balaban J connectivity index is 1.61. The minimum Gasteiger partial charge on any atom is -0.368 e. The van der Waals surface area contributed by atoms with E-state index in [0.717, 1.165) is 41.5 Å². The van der Waals surface area contributed by atoms with Crippen LogP contribution in [0.1, 0.15) is 18.1 Å². The van der Waals surface area contributed by atoms with Crippen molar-refractivity contribution >= 4 is 29.0 Å². The molecule has 2 amide bonds. The van der Waals surface area contributed by atoms with Crippen LogP contribution in [0.3, 0.4) is 0 Å². The van der Waals surface area contributed by atoms with E-state index >= 15 is 0 Å². The molecule has 1 aliphatic rings. The van der Waals surface area contributed by atoms with Crippen LogP contribution in [-0.4, -0.2) is 37.1 Å². The summed E-state index contributed by atoms with van der Waals surface area (Å²) in [5, 5.41) is 3.85. The number of piperazine rings is 1. The molecule has 0 atom stereocenters. The second-order valence-electron chi connectivity index (χ2n) is 6.34. The van der Waals surface area contributed by atoms with Crippen molar-refractivity contribution in [2.24, 2.45) is 0 Å². The first kappa shape index (κ1) is 17.6. The highest BCUT2D eigenvalue weighted by atomic mass is 35.5. The molecule has 4 nitrogen and oxygen atoms in total. The molecule has 1 saturated heterocycles. The Morgan fingerprint density at radius 3 is 2.40 bits per heavy atom. The molecule has 0 unspecified atom stereocenters. The predicted molar refractivity (Wildman–Crippen MR) is 105 cm³/mol. The van der Waals surface area contributed by atoms with Crippen molar-refractivity contribution < 1.29 is 4.79 Å². The number of benzene rings is 2. The summed E-state index contributed by atoms with van der Waals surface area (Å²) in [5.41, 5.74) is 4.38. The van der Waals surface area contributed by atoms with E-state index in [1.807, 2.05) is 48.2 Å². The molecule has 0 radical (unpaired) electrons. The van der Waals surface area contributed by atoms with Gasteiger partial charge >= 0.3 is 6.03 Å². The highest BCUT2D eigenvalue weighted by Gasteiger charge is 2.22. The summed E-state index contributed by atoms with van der Waals surface area (Å²) in [4.78, 5) is 16.8. The number of nitrogens with one attached hydrogen (secondary N) is 1. The lowest BCUT2D eigenvalue weighted by Gasteiger charge is -2.36. The predicted octanol–water partition coefficient (Wildman–Crippen LogP) is 4.56. The molecule has 3 rings (SSSR count). The first-order chi connectivity index (χ1) is 12.1. The van der Waals surface area contributed by atoms with E-state index in [-0.39, 0.29) is 6.03 Å². The highest BCUT2D eigenvalue weighted by molar-refractivity contribution is 6.30. The van der Waals surface area contributed by atoms with Gasteiger partial charge in [-0.25, -0.2) is 4.79 Å². The average molecular weight is 358 g/mol. The van der Waals surface area contributed by atoms with Crippen LogP contribution in [0.5, 0.6) is 0 Å². The van der Waals surface area contributed by atoms with Gasteiger partial charge in [-0.3, -0.25) is 0 Å². The number of urea groups is 1. The molecule has 0 bridgehead atoms. The Labute approximate surface area is 154 Å². The fourth-order valence-corrected chi connectivity index (χ4v) is 3.33. The van der Waals surface area contributed by atoms with Crippen molar-refractivity contribution in [2.45, 2.75) is 20.3 Å². The SMILES string of the molecule is CCc1cccc(C)c1NC(=O)N1CCN(c2ccc(Cl)cc2)CC1. The lowest BCUT2D eigenvalue weighted by Crippen LogP contribution is -2.50. The molecule has 0 spiro atoms. The molecule has 0 aromatic heterocycles. The maximum Gasteiger partial charge on any atom is 0.321 e. The largest absolute Gasteiger partial charge is 0.368 e. The van der Waals surface area contributed by atoms with E-state index in [4.69, 9.17) is 11.6 Å². The molecule has 0 aliphatic carbocycles. The second kappa shape index (κ2) is 7.79. The third kappa shape index (κ3) is 4.07. The Bertz CT molecular complexity index is 737. The average Bonchev–Trinajstić information content (AvgIpc) is 2.64. The van der Waals surface area contributed by atoms with Gasteiger partial charge in [0.2, 0.25) is 0 Å². The van der Waals surface area contributed by atoms with Gasteiger partial charge in [0, 0.05) is 42.6 Å². The molecule has 1 fully saturated rings. The van der Waals surface area contributed by atoms with Gasteiger partial charge in [0.05, 0.1) is 0 Å². The van der Waals surface area contributed by atoms with Crippen LogP contribution in [0.2, 0.25) is 5.02 Å². The zero-order chi connectivity index (χ0) is 17.8. The van der Waals surface area contributed by atoms with Crippen molar-refractivity contribution in [3.8, 4) is 0 Å². The van der Waals surface area contributed by atoms with Crippen LogP contribution < -0.4 is 10.2 Å². The molecule has 132 valence electrons. The third-order valence-electron chi connectivity index (χ3n) is 4.73. The topological polar surface area (TPSA) is 35.6 Å². The molecular weight excluding hydrogens is 334 g/mol. The Morgan fingerprint density at radius 1 is 1.08 bits per heavy atom. The van der Waals surface area contributed by atoms with E-state index in [0.29, 0.717) is 13.1 Å². The number of rotatable bonds is 3. The van der Waals surface area contributed by atoms with Crippen LogP contribution >= 0.6 is 11.6 Å². The van der Waals surface area contributed by atoms with Gasteiger partial charge in [0.25, 0.3) is 0 Å². The zero-order valence-electron chi connectivity index (χ0n) is 14.8. The van der Waals surface area contributed by atoms with E-state index in [1.54, 1.807) is 0 Å². The summed E-state index contributed by atoms with van der Waals surface area (Å²) < 4.78 is 0. The van der Waals surface area contributed by atoms with Gasteiger partial charge in [-0.2, -0.15) is 0 Å². The molecule has 0 saturated carbocycles. The Kier molecular flexibility index (Phi) is 5.49. The molecule has 1 aliphatic heterocycles. The monoisotopic (exact) mass is 357 g/mol. The number of hydrogen-bond donors (Lipinski definition) is 1. The minimum atomic E-state index is -0.0141. The third-order valence-corrected chi connectivity index (χ3v) is 4.98. The standard InChI is InChI=1S/C20H24ClN3O/c1-3-16-6-4-5-15(2)19(16)22-20(25)24-13-11-23(12-14-24)18-9-7-17(21)8-10-18/h4-10H,3,11-14H2,1-2H3,(H,22,25). The first-order valence-electron chi connectivity index (χ1n) is 8.73. The lowest BCUT2D eigenvalue weighted by molar-refractivity contribution is 0.208. The van der Waals surface area contributed by atoms with Gasteiger partial charge in [0.1, 0.15) is 0 Å². The normalized spacial score (nSPS) is 14.5. The van der Waals surface area contributed by atoms with Gasteiger partial charge in [-0.15, -0.1) is 0 Å². The number of nitrogens with zero attached hydrogens (tertiary/aromatic N) is 2. The number of carbonyl (C=O) groups excluding carboxylic acids is 1. The smallest absolute Gasteiger partial charge is 0.321 e. The van der Waals surface area contributed by atoms with Crippen LogP contribution in [0.25, 0.3) is 0 Å². The summed E-state index contributed by atoms with van der Waals surface area (Å²) >= 11 is 5.95. The van der Waals surface area contributed by atoms with E-state index < -0.39 is 0 Å². The van der Waals surface area contributed by atoms with Crippen molar-refractivity contribution in [2.75, 3.05) is 36.4 Å². The maximum atomic E-state index is 12.7. The van der Waals surface area contributed by atoms with Gasteiger partial charge in [-0.05, 0) is 48.7 Å². The molecule has 5 heteroatoms. The minimum absolute atomic E-state index is 0.0141. The molecular formula is C20H24ClN3O. The van der Waals surface area contributed by atoms with Crippen molar-refractivity contribution in [3.63, 3.8) is 0 Å². The fraction of sp³-hybridized carbons (Fsp3) is 0.350. The summed E-state index contributed by atoms with van der Waals surface area (Å²) in [6, 6.07) is 14.0. The first-order valence-corrected chi connectivity index (χ1v) is 9.11. The summed E-state index contributed by atoms with van der Waals surface area (Å²) in [7, 11) is 0. The molecule has 2 aromatic rings.